The van der Waals surface area contributed by atoms with Gasteiger partial charge in [0.25, 0.3) is 5.91 Å². The van der Waals surface area contributed by atoms with Gasteiger partial charge in [-0.15, -0.1) is 0 Å². The minimum atomic E-state index is -0.375. The summed E-state index contributed by atoms with van der Waals surface area (Å²) in [7, 11) is 0. The van der Waals surface area contributed by atoms with E-state index in [1.54, 1.807) is 36.4 Å². The Balaban J connectivity index is 1.67. The molecule has 26 heavy (non-hydrogen) atoms. The summed E-state index contributed by atoms with van der Waals surface area (Å²) in [4.78, 5) is 30.0. The average molecular weight is 349 g/mol. The molecule has 2 aliphatic heterocycles. The number of nitrogens with one attached hydrogen (secondary N) is 1. The van der Waals surface area contributed by atoms with E-state index in [1.807, 2.05) is 18.2 Å². The summed E-state index contributed by atoms with van der Waals surface area (Å²) in [6.45, 7) is 1.60. The lowest BCUT2D eigenvalue weighted by Crippen LogP contribution is -2.43. The maximum atomic E-state index is 12.3. The Bertz CT molecular complexity index is 951. The van der Waals surface area contributed by atoms with Gasteiger partial charge in [-0.2, -0.15) is 0 Å². The van der Waals surface area contributed by atoms with Crippen molar-refractivity contribution in [1.82, 2.24) is 5.32 Å². The van der Waals surface area contributed by atoms with E-state index < -0.39 is 0 Å². The van der Waals surface area contributed by atoms with Gasteiger partial charge < -0.3 is 9.47 Å². The van der Waals surface area contributed by atoms with Crippen LogP contribution in [0.4, 0.5) is 5.69 Å². The van der Waals surface area contributed by atoms with Gasteiger partial charge in [-0.25, -0.2) is 4.99 Å². The molecule has 4 rings (SSSR count). The number of hydrogen-bond donors (Lipinski definition) is 1. The Morgan fingerprint density at radius 1 is 1.15 bits per heavy atom. The van der Waals surface area contributed by atoms with Crippen molar-refractivity contribution in [2.45, 2.75) is 6.92 Å². The Hall–Kier alpha value is -3.61. The molecule has 0 radical (unpaired) electrons. The Morgan fingerprint density at radius 2 is 1.92 bits per heavy atom. The van der Waals surface area contributed by atoms with E-state index in [2.05, 4.69) is 10.3 Å². The molecule has 0 aliphatic carbocycles. The van der Waals surface area contributed by atoms with Crippen molar-refractivity contribution >= 4 is 29.5 Å². The molecular weight excluding hydrogens is 334 g/mol. The fourth-order valence-corrected chi connectivity index (χ4v) is 2.75. The number of carbonyl (C=O) groups excluding carboxylic acids is 2. The lowest BCUT2D eigenvalue weighted by Gasteiger charge is -2.19. The van der Waals surface area contributed by atoms with Crippen LogP contribution in [0.3, 0.4) is 0 Å². The molecule has 2 aliphatic rings. The van der Waals surface area contributed by atoms with E-state index in [-0.39, 0.29) is 30.3 Å². The second kappa shape index (κ2) is 6.36. The minimum absolute atomic E-state index is 0.181. The van der Waals surface area contributed by atoms with Gasteiger partial charge in [0.1, 0.15) is 5.70 Å². The Morgan fingerprint density at radius 3 is 2.69 bits per heavy atom. The number of rotatable bonds is 2. The number of ether oxygens (including phenoxy) is 2. The summed E-state index contributed by atoms with van der Waals surface area (Å²) in [6, 6.07) is 14.4. The van der Waals surface area contributed by atoms with Gasteiger partial charge in [0.2, 0.25) is 18.7 Å². The zero-order valence-corrected chi connectivity index (χ0v) is 13.9. The van der Waals surface area contributed by atoms with Crippen LogP contribution in [0.15, 0.2) is 59.2 Å². The Kier molecular flexibility index (Phi) is 3.89. The number of fused-ring (bicyclic) bond motifs is 1. The third kappa shape index (κ3) is 2.90. The van der Waals surface area contributed by atoms with Crippen LogP contribution in [0.25, 0.3) is 6.08 Å². The van der Waals surface area contributed by atoms with Gasteiger partial charge in [0, 0.05) is 6.92 Å². The number of benzene rings is 2. The summed E-state index contributed by atoms with van der Waals surface area (Å²) in [5, 5.41) is 2.65. The number of guanidine groups is 1. The van der Waals surface area contributed by atoms with Gasteiger partial charge in [0.15, 0.2) is 11.5 Å². The third-order valence-electron chi connectivity index (χ3n) is 3.93. The Labute approximate surface area is 149 Å². The number of nitrogens with zero attached hydrogens (tertiary/aromatic N) is 2. The molecule has 0 aromatic heterocycles. The quantitative estimate of drug-likeness (QED) is 0.844. The van der Waals surface area contributed by atoms with Crippen molar-refractivity contribution in [2.75, 3.05) is 11.7 Å². The number of anilines is 1. The molecule has 7 nitrogen and oxygen atoms in total. The summed E-state index contributed by atoms with van der Waals surface area (Å²) < 4.78 is 10.6. The van der Waals surface area contributed by atoms with Gasteiger partial charge in [-0.3, -0.25) is 19.8 Å². The number of hydrogen-bond acceptors (Lipinski definition) is 5. The first-order valence-electron chi connectivity index (χ1n) is 7.99. The first-order valence-corrected chi connectivity index (χ1v) is 7.99. The lowest BCUT2D eigenvalue weighted by molar-refractivity contribution is -0.115. The molecule has 0 atom stereocenters. The molecule has 0 spiro atoms. The van der Waals surface area contributed by atoms with Crippen molar-refractivity contribution in [3.05, 3.63) is 59.8 Å². The molecule has 1 N–H and O–H groups in total. The molecule has 0 saturated heterocycles. The van der Waals surface area contributed by atoms with Crippen LogP contribution in [-0.4, -0.2) is 24.6 Å². The third-order valence-corrected chi connectivity index (χ3v) is 3.93. The highest BCUT2D eigenvalue weighted by molar-refractivity contribution is 6.25. The molecular formula is C19H15N3O4. The largest absolute Gasteiger partial charge is 0.454 e. The van der Waals surface area contributed by atoms with Crippen molar-refractivity contribution in [3.8, 4) is 11.5 Å². The number of carbonyl (C=O) groups is 2. The molecule has 0 fully saturated rings. The SMILES string of the molecule is CC(=O)N(C1=NC(=Cc2ccc3c(c2)OCO3)C(=O)N1)c1ccccc1. The zero-order valence-electron chi connectivity index (χ0n) is 13.9. The van der Waals surface area contributed by atoms with Gasteiger partial charge >= 0.3 is 0 Å². The predicted molar refractivity (Wildman–Crippen MR) is 95.7 cm³/mol. The second-order valence-electron chi connectivity index (χ2n) is 5.72. The van der Waals surface area contributed by atoms with Crippen molar-refractivity contribution in [3.63, 3.8) is 0 Å². The first-order chi connectivity index (χ1) is 12.6. The van der Waals surface area contributed by atoms with E-state index in [0.29, 0.717) is 17.2 Å². The molecule has 130 valence electrons. The maximum absolute atomic E-state index is 12.3. The average Bonchev–Trinajstić information content (AvgIpc) is 3.22. The monoisotopic (exact) mass is 349 g/mol. The smallest absolute Gasteiger partial charge is 0.276 e. The molecule has 0 unspecified atom stereocenters. The first kappa shape index (κ1) is 15.9. The normalized spacial score (nSPS) is 16.4. The van der Waals surface area contributed by atoms with Gasteiger partial charge in [0.05, 0.1) is 5.69 Å². The van der Waals surface area contributed by atoms with E-state index in [0.717, 1.165) is 5.56 Å². The number of amides is 2. The number of aliphatic imine (C=N–C) groups is 1. The standard InChI is InChI=1S/C19H15N3O4/c1-12(23)22(14-5-3-2-4-6-14)19-20-15(18(24)21-19)9-13-7-8-16-17(10-13)26-11-25-16/h2-10H,11H2,1H3,(H,20,21,24). The molecule has 0 bridgehead atoms. The van der Waals surface area contributed by atoms with Crippen LogP contribution in [0.5, 0.6) is 11.5 Å². The van der Waals surface area contributed by atoms with Crippen molar-refractivity contribution in [1.29, 1.82) is 0 Å². The van der Waals surface area contributed by atoms with E-state index in [4.69, 9.17) is 9.47 Å². The second-order valence-corrected chi connectivity index (χ2v) is 5.72. The van der Waals surface area contributed by atoms with Crippen LogP contribution in [0.1, 0.15) is 12.5 Å². The minimum Gasteiger partial charge on any atom is -0.454 e. The van der Waals surface area contributed by atoms with Crippen molar-refractivity contribution < 1.29 is 19.1 Å². The predicted octanol–water partition coefficient (Wildman–Crippen LogP) is 2.30. The van der Waals surface area contributed by atoms with Crippen LogP contribution in [-0.2, 0) is 9.59 Å². The number of para-hydroxylation sites is 1. The summed E-state index contributed by atoms with van der Waals surface area (Å²) in [6.07, 6.45) is 1.63. The zero-order chi connectivity index (χ0) is 18.1. The molecule has 2 aromatic carbocycles. The van der Waals surface area contributed by atoms with Crippen LogP contribution in [0, 0.1) is 0 Å². The lowest BCUT2D eigenvalue weighted by atomic mass is 10.1. The molecule has 7 heteroatoms. The summed E-state index contributed by atoms with van der Waals surface area (Å²) in [5.74, 6) is 0.843. The van der Waals surface area contributed by atoms with Crippen LogP contribution >= 0.6 is 0 Å². The van der Waals surface area contributed by atoms with Gasteiger partial charge in [-0.05, 0) is 35.9 Å². The van der Waals surface area contributed by atoms with Gasteiger partial charge in [-0.1, -0.05) is 24.3 Å². The molecule has 0 saturated carbocycles. The van der Waals surface area contributed by atoms with Crippen molar-refractivity contribution in [2.24, 2.45) is 4.99 Å². The van der Waals surface area contributed by atoms with Crippen LogP contribution in [0.2, 0.25) is 0 Å². The van der Waals surface area contributed by atoms with E-state index in [1.165, 1.54) is 11.8 Å². The topological polar surface area (TPSA) is 80.2 Å². The highest BCUT2D eigenvalue weighted by atomic mass is 16.7. The van der Waals surface area contributed by atoms with E-state index in [9.17, 15) is 9.59 Å². The van der Waals surface area contributed by atoms with E-state index >= 15 is 0 Å². The fraction of sp³-hybridized carbons (Fsp3) is 0.105. The summed E-state index contributed by atoms with van der Waals surface area (Å²) >= 11 is 0. The fourth-order valence-electron chi connectivity index (χ4n) is 2.75. The maximum Gasteiger partial charge on any atom is 0.276 e. The highest BCUT2D eigenvalue weighted by Crippen LogP contribution is 2.33. The van der Waals surface area contributed by atoms with Crippen LogP contribution < -0.4 is 19.7 Å². The molecule has 2 aromatic rings. The summed E-state index contributed by atoms with van der Waals surface area (Å²) in [5.41, 5.74) is 1.59. The molecule has 2 amide bonds. The highest BCUT2D eigenvalue weighted by Gasteiger charge is 2.28. The molecule has 2 heterocycles.